The number of carboxylic acids is 2. The van der Waals surface area contributed by atoms with E-state index in [0.717, 1.165) is 18.8 Å². The van der Waals surface area contributed by atoms with Gasteiger partial charge in [-0.15, -0.1) is 0 Å². The minimum atomic E-state index is -0.880. The molecule has 0 radical (unpaired) electrons. The van der Waals surface area contributed by atoms with E-state index in [9.17, 15) is 24.3 Å². The van der Waals surface area contributed by atoms with E-state index in [4.69, 9.17) is 29.2 Å². The lowest BCUT2D eigenvalue weighted by molar-refractivity contribution is -0.148. The first-order chi connectivity index (χ1) is 20.4. The fourth-order valence-corrected chi connectivity index (χ4v) is 4.31. The summed E-state index contributed by atoms with van der Waals surface area (Å²) < 4.78 is 20.7. The standard InChI is InChI=1S/C19H32O10.C13H26O/c1-15(27-12-13-29-19(25)9-5-3-7-17(22)23)14-26-10-11-28-18(24)8-4-2-6-16(20)21;1-11(2)8-6-4-5-7-9-13(14)10-12(13)3/h15H,2-14H2,1H3,(H,20,21)(H,22,23);11-12,14H,4-10H2,1-3H3. The number of carboxylic acid groups (broad SMARTS) is 2. The summed E-state index contributed by atoms with van der Waals surface area (Å²) in [5, 5.41) is 26.8. The summed E-state index contributed by atoms with van der Waals surface area (Å²) in [6, 6.07) is 0. The molecule has 3 unspecified atom stereocenters. The van der Waals surface area contributed by atoms with E-state index in [2.05, 4.69) is 20.8 Å². The van der Waals surface area contributed by atoms with Gasteiger partial charge in [-0.1, -0.05) is 52.9 Å². The van der Waals surface area contributed by atoms with Crippen molar-refractivity contribution in [1.82, 2.24) is 0 Å². The number of rotatable bonds is 26. The molecule has 11 heteroatoms. The first kappa shape index (κ1) is 40.8. The number of aliphatic hydroxyl groups is 1. The zero-order valence-electron chi connectivity index (χ0n) is 27.0. The molecule has 3 N–H and O–H groups in total. The highest BCUT2D eigenvalue weighted by molar-refractivity contribution is 5.70. The van der Waals surface area contributed by atoms with Gasteiger partial charge in [-0.25, -0.2) is 0 Å². The van der Waals surface area contributed by atoms with Gasteiger partial charge in [-0.2, -0.15) is 0 Å². The molecule has 0 spiro atoms. The number of carbonyl (C=O) groups is 4. The van der Waals surface area contributed by atoms with Crippen molar-refractivity contribution < 1.29 is 53.4 Å². The number of unbranched alkanes of at least 4 members (excludes halogenated alkanes) is 5. The van der Waals surface area contributed by atoms with Crippen LogP contribution in [0, 0.1) is 11.8 Å². The molecule has 1 aliphatic rings. The first-order valence-electron chi connectivity index (χ1n) is 16.0. The lowest BCUT2D eigenvalue weighted by atomic mass is 10.0. The minimum Gasteiger partial charge on any atom is -0.481 e. The number of aliphatic carboxylic acids is 2. The normalized spacial score (nSPS) is 18.0. The van der Waals surface area contributed by atoms with Crippen molar-refractivity contribution in [3.63, 3.8) is 0 Å². The van der Waals surface area contributed by atoms with Crippen LogP contribution in [0.5, 0.6) is 0 Å². The van der Waals surface area contributed by atoms with Crippen LogP contribution < -0.4 is 0 Å². The Balaban J connectivity index is 0.00000104. The first-order valence-corrected chi connectivity index (χ1v) is 16.0. The molecule has 0 aromatic carbocycles. The molecule has 0 heterocycles. The van der Waals surface area contributed by atoms with Crippen LogP contribution >= 0.6 is 0 Å². The van der Waals surface area contributed by atoms with Crippen molar-refractivity contribution in [3.8, 4) is 0 Å². The molecule has 0 aromatic heterocycles. The van der Waals surface area contributed by atoms with Gasteiger partial charge in [0.15, 0.2) is 0 Å². The monoisotopic (exact) mass is 618 g/mol. The lowest BCUT2D eigenvalue weighted by Gasteiger charge is -2.13. The van der Waals surface area contributed by atoms with E-state index in [1.54, 1.807) is 6.92 Å². The third kappa shape index (κ3) is 27.1. The van der Waals surface area contributed by atoms with Crippen molar-refractivity contribution in [2.45, 2.75) is 136 Å². The molecular weight excluding hydrogens is 560 g/mol. The number of esters is 2. The highest BCUT2D eigenvalue weighted by Crippen LogP contribution is 2.46. The number of hydrogen-bond donors (Lipinski definition) is 3. The average Bonchev–Trinajstić information content (AvgIpc) is 3.54. The summed E-state index contributed by atoms with van der Waals surface area (Å²) in [5.74, 6) is -1.11. The Morgan fingerprint density at radius 3 is 1.70 bits per heavy atom. The van der Waals surface area contributed by atoms with Gasteiger partial charge in [0, 0.05) is 25.7 Å². The predicted octanol–water partition coefficient (Wildman–Crippen LogP) is 5.54. The topological polar surface area (TPSA) is 166 Å². The summed E-state index contributed by atoms with van der Waals surface area (Å²) in [4.78, 5) is 43.5. The highest BCUT2D eigenvalue weighted by atomic mass is 16.6. The highest BCUT2D eigenvalue weighted by Gasteiger charge is 2.48. The van der Waals surface area contributed by atoms with Crippen molar-refractivity contribution in [1.29, 1.82) is 0 Å². The van der Waals surface area contributed by atoms with Gasteiger partial charge in [0.1, 0.15) is 13.2 Å². The SMILES string of the molecule is CC(C)CCCCCCC1(O)CC1C.CC(COCCOC(=O)CCCCC(=O)O)OCCOC(=O)CCCCC(=O)O. The molecule has 1 rings (SSSR count). The van der Waals surface area contributed by atoms with Crippen LogP contribution in [0.4, 0.5) is 0 Å². The quantitative estimate of drug-likeness (QED) is 0.0823. The van der Waals surface area contributed by atoms with Crippen LogP contribution in [0.25, 0.3) is 0 Å². The van der Waals surface area contributed by atoms with E-state index in [0.29, 0.717) is 38.2 Å². The maximum atomic E-state index is 11.4. The van der Waals surface area contributed by atoms with Gasteiger partial charge in [0.2, 0.25) is 0 Å². The number of ether oxygens (including phenoxy) is 4. The number of carbonyl (C=O) groups excluding carboxylic acids is 2. The summed E-state index contributed by atoms with van der Waals surface area (Å²) >= 11 is 0. The molecule has 1 aliphatic carbocycles. The Morgan fingerprint density at radius 2 is 1.21 bits per heavy atom. The van der Waals surface area contributed by atoms with Crippen molar-refractivity contribution in [2.24, 2.45) is 11.8 Å². The summed E-state index contributed by atoms with van der Waals surface area (Å²) in [5.41, 5.74) is -0.252. The van der Waals surface area contributed by atoms with Crippen molar-refractivity contribution >= 4 is 23.9 Å². The minimum absolute atomic E-state index is 0.0416. The molecule has 0 saturated heterocycles. The molecule has 0 aromatic rings. The Morgan fingerprint density at radius 1 is 0.721 bits per heavy atom. The van der Waals surface area contributed by atoms with E-state index >= 15 is 0 Å². The molecule has 0 bridgehead atoms. The molecule has 0 aliphatic heterocycles. The van der Waals surface area contributed by atoms with Crippen LogP contribution in [0.1, 0.15) is 124 Å². The van der Waals surface area contributed by atoms with E-state index in [-0.39, 0.29) is 75.8 Å². The van der Waals surface area contributed by atoms with Crippen LogP contribution in [0.2, 0.25) is 0 Å². The number of hydrogen-bond acceptors (Lipinski definition) is 9. The van der Waals surface area contributed by atoms with Gasteiger partial charge in [0.05, 0.1) is 31.5 Å². The molecule has 0 amide bonds. The van der Waals surface area contributed by atoms with Crippen molar-refractivity contribution in [3.05, 3.63) is 0 Å². The van der Waals surface area contributed by atoms with Gasteiger partial charge >= 0.3 is 23.9 Å². The second kappa shape index (κ2) is 25.1. The van der Waals surface area contributed by atoms with Crippen LogP contribution in [-0.2, 0) is 38.1 Å². The molecule has 11 nitrogen and oxygen atoms in total. The molecular formula is C32H58O11. The van der Waals surface area contributed by atoms with Gasteiger partial charge in [0.25, 0.3) is 0 Å². The zero-order chi connectivity index (χ0) is 32.5. The Labute approximate surface area is 258 Å². The summed E-state index contributed by atoms with van der Waals surface area (Å²) in [6.45, 7) is 9.48. The summed E-state index contributed by atoms with van der Waals surface area (Å²) in [6.07, 6.45) is 10.7. The maximum Gasteiger partial charge on any atom is 0.305 e. The molecule has 252 valence electrons. The third-order valence-corrected chi connectivity index (χ3v) is 7.19. The fraction of sp³-hybridized carbons (Fsp3) is 0.875. The van der Waals surface area contributed by atoms with Gasteiger partial charge in [-0.05, 0) is 57.3 Å². The molecule has 1 fully saturated rings. The van der Waals surface area contributed by atoms with Crippen molar-refractivity contribution in [2.75, 3.05) is 33.0 Å². The van der Waals surface area contributed by atoms with E-state index in [1.807, 2.05) is 0 Å². The van der Waals surface area contributed by atoms with E-state index < -0.39 is 11.9 Å². The molecule has 3 atom stereocenters. The van der Waals surface area contributed by atoms with E-state index in [1.165, 1.54) is 32.1 Å². The zero-order valence-corrected chi connectivity index (χ0v) is 27.0. The second-order valence-corrected chi connectivity index (χ2v) is 12.0. The third-order valence-electron chi connectivity index (χ3n) is 7.19. The smallest absolute Gasteiger partial charge is 0.305 e. The van der Waals surface area contributed by atoms with Gasteiger partial charge in [-0.3, -0.25) is 19.2 Å². The Hall–Kier alpha value is -2.24. The summed E-state index contributed by atoms with van der Waals surface area (Å²) in [7, 11) is 0. The lowest BCUT2D eigenvalue weighted by Crippen LogP contribution is -2.21. The maximum absolute atomic E-state index is 11.4. The van der Waals surface area contributed by atoms with Crippen LogP contribution in [0.15, 0.2) is 0 Å². The Bertz CT molecular complexity index is 770. The van der Waals surface area contributed by atoms with Gasteiger partial charge < -0.3 is 34.3 Å². The Kier molecular flexibility index (Phi) is 23.8. The average molecular weight is 619 g/mol. The van der Waals surface area contributed by atoms with Crippen LogP contribution in [0.3, 0.4) is 0 Å². The predicted molar refractivity (Wildman–Crippen MR) is 162 cm³/mol. The molecule has 43 heavy (non-hydrogen) atoms. The largest absolute Gasteiger partial charge is 0.481 e. The second-order valence-electron chi connectivity index (χ2n) is 12.0. The fourth-order valence-electron chi connectivity index (χ4n) is 4.31. The van der Waals surface area contributed by atoms with Crippen LogP contribution in [-0.4, -0.2) is 83.9 Å². The molecule has 1 saturated carbocycles.